The molecular formula is C34H40N4O7+2. The van der Waals surface area contributed by atoms with Crippen molar-refractivity contribution in [2.45, 2.75) is 51.0 Å². The number of hydrogen-bond acceptors (Lipinski definition) is 6. The Hall–Kier alpha value is -3.93. The highest BCUT2D eigenvalue weighted by molar-refractivity contribution is 6.09. The summed E-state index contributed by atoms with van der Waals surface area (Å²) in [4.78, 5) is 38.6. The number of β-lactam (4-membered cyclic amide) rings is 1. The summed E-state index contributed by atoms with van der Waals surface area (Å²) >= 11 is 0. The first-order valence-corrected chi connectivity index (χ1v) is 16.2. The fraction of sp³-hybridized carbons (Fsp3) is 0.500. The highest BCUT2D eigenvalue weighted by atomic mass is 16.5. The van der Waals surface area contributed by atoms with E-state index in [0.717, 1.165) is 89.5 Å². The van der Waals surface area contributed by atoms with Crippen LogP contribution in [0.1, 0.15) is 31.7 Å². The Balaban J connectivity index is 1.12. The average Bonchev–Trinajstić information content (AvgIpc) is 3.53. The van der Waals surface area contributed by atoms with Crippen molar-refractivity contribution >= 4 is 39.7 Å². The Kier molecular flexibility index (Phi) is 6.36. The molecule has 6 aliphatic rings. The molecule has 0 spiro atoms. The van der Waals surface area contributed by atoms with E-state index in [0.29, 0.717) is 29.9 Å². The monoisotopic (exact) mass is 616 g/mol. The molecule has 2 aromatic carbocycles. The van der Waals surface area contributed by atoms with Crippen LogP contribution in [0.2, 0.25) is 0 Å². The number of piperazine rings is 3. The molecule has 5 unspecified atom stereocenters. The minimum absolute atomic E-state index is 0.0265. The van der Waals surface area contributed by atoms with Crippen molar-refractivity contribution in [2.24, 2.45) is 17.6 Å². The molecule has 11 nitrogen and oxygen atoms in total. The van der Waals surface area contributed by atoms with Crippen LogP contribution in [0.15, 0.2) is 52.1 Å². The summed E-state index contributed by atoms with van der Waals surface area (Å²) in [6.07, 6.45) is 0.896. The predicted octanol–water partition coefficient (Wildman–Crippen LogP) is 2.34. The van der Waals surface area contributed by atoms with E-state index in [9.17, 15) is 24.6 Å². The fourth-order valence-corrected chi connectivity index (χ4v) is 9.32. The Morgan fingerprint density at radius 1 is 1.07 bits per heavy atom. The van der Waals surface area contributed by atoms with E-state index in [1.54, 1.807) is 6.92 Å². The number of aliphatic hydroxyl groups excluding tert-OH is 1. The molecule has 5 atom stereocenters. The number of carboxylic acid groups (broad SMARTS) is 1. The van der Waals surface area contributed by atoms with Gasteiger partial charge in [-0.1, -0.05) is 18.2 Å². The standard InChI is InChI=1S/C34H38N4O7/c1-19(39)27-30-21-6-3-8-25(29(21)31(34(42)43)36(30)33(27)41)44-23-9-4-10-24-28(23)22-7-2-5-20(32(22)45-24)17-37-11-14-38(15-12-37,16-13-37)18-26(35)40/h2,4-5,7,9-10,19,21,25,27,30,39H,3,6,8,11-18H2,1H3,(H-2,35,40,42,43)/p+2. The number of carbonyl (C=O) groups is 3. The van der Waals surface area contributed by atoms with Crippen LogP contribution < -0.4 is 10.5 Å². The zero-order chi connectivity index (χ0) is 31.2. The smallest absolute Gasteiger partial charge is 0.352 e. The molecule has 236 valence electrons. The maximum Gasteiger partial charge on any atom is 0.352 e. The zero-order valence-corrected chi connectivity index (χ0v) is 25.5. The van der Waals surface area contributed by atoms with Gasteiger partial charge in [0.25, 0.3) is 5.91 Å². The van der Waals surface area contributed by atoms with Gasteiger partial charge in [0.2, 0.25) is 5.91 Å². The Morgan fingerprint density at radius 2 is 1.78 bits per heavy atom. The summed E-state index contributed by atoms with van der Waals surface area (Å²) in [7, 11) is 0. The third-order valence-corrected chi connectivity index (χ3v) is 11.5. The van der Waals surface area contributed by atoms with Gasteiger partial charge in [0.1, 0.15) is 74.5 Å². The molecule has 0 radical (unpaired) electrons. The lowest BCUT2D eigenvalue weighted by Crippen LogP contribution is -2.75. The summed E-state index contributed by atoms with van der Waals surface area (Å²) in [6, 6.07) is 11.7. The molecule has 4 saturated heterocycles. The molecule has 5 aliphatic heterocycles. The largest absolute Gasteiger partial charge is 0.485 e. The lowest BCUT2D eigenvalue weighted by Gasteiger charge is -2.55. The van der Waals surface area contributed by atoms with E-state index in [-0.39, 0.29) is 29.5 Å². The zero-order valence-electron chi connectivity index (χ0n) is 25.5. The second kappa shape index (κ2) is 10.0. The van der Waals surface area contributed by atoms with Gasteiger partial charge in [-0.3, -0.25) is 9.59 Å². The molecule has 45 heavy (non-hydrogen) atoms. The second-order valence-corrected chi connectivity index (χ2v) is 14.1. The number of aliphatic carboxylic acids is 1. The van der Waals surface area contributed by atoms with E-state index < -0.39 is 24.1 Å². The maximum atomic E-state index is 13.0. The minimum Gasteiger partial charge on any atom is -0.485 e. The van der Waals surface area contributed by atoms with Crippen molar-refractivity contribution < 1.29 is 42.7 Å². The van der Waals surface area contributed by atoms with Crippen LogP contribution in [0.4, 0.5) is 0 Å². The fourth-order valence-electron chi connectivity index (χ4n) is 9.32. The number of amides is 2. The molecule has 2 amide bonds. The number of para-hydroxylation sites is 1. The number of hydrogen-bond donors (Lipinski definition) is 3. The van der Waals surface area contributed by atoms with E-state index >= 15 is 0 Å². The summed E-state index contributed by atoms with van der Waals surface area (Å²) in [5.74, 6) is -1.79. The quantitative estimate of drug-likeness (QED) is 0.260. The number of fused-ring (bicyclic) bond motifs is 9. The average molecular weight is 617 g/mol. The first kappa shape index (κ1) is 28.5. The van der Waals surface area contributed by atoms with Gasteiger partial charge in [0.05, 0.1) is 23.4 Å². The number of carbonyl (C=O) groups excluding carboxylic acids is 2. The summed E-state index contributed by atoms with van der Waals surface area (Å²) in [5.41, 5.74) is 8.96. The SMILES string of the molecule is CC(O)C1C(=O)N2C(C(=O)O)=C3C(Oc4cccc5oc6c(C[N+]78CC[N+](CC(N)=O)(CC7)CC8)cccc6c45)CCCC3C12. The van der Waals surface area contributed by atoms with Gasteiger partial charge in [-0.15, -0.1) is 0 Å². The number of primary amides is 1. The summed E-state index contributed by atoms with van der Waals surface area (Å²) in [6.45, 7) is 8.73. The third kappa shape index (κ3) is 4.24. The molecule has 6 heterocycles. The van der Waals surface area contributed by atoms with Crippen molar-refractivity contribution in [1.82, 2.24) is 4.90 Å². The van der Waals surface area contributed by atoms with Crippen molar-refractivity contribution in [3.63, 3.8) is 0 Å². The van der Waals surface area contributed by atoms with Crippen LogP contribution in [0, 0.1) is 11.8 Å². The van der Waals surface area contributed by atoms with Crippen LogP contribution >= 0.6 is 0 Å². The van der Waals surface area contributed by atoms with Gasteiger partial charge in [0.15, 0.2) is 6.54 Å². The van der Waals surface area contributed by atoms with Crippen molar-refractivity contribution in [3.05, 3.63) is 53.2 Å². The second-order valence-electron chi connectivity index (χ2n) is 14.1. The van der Waals surface area contributed by atoms with Gasteiger partial charge < -0.3 is 39.0 Å². The molecule has 9 rings (SSSR count). The topological polar surface area (TPSA) is 143 Å². The number of ether oxygens (including phenoxy) is 1. The third-order valence-electron chi connectivity index (χ3n) is 11.5. The molecule has 5 fully saturated rings. The number of nitrogens with zero attached hydrogens (tertiary/aromatic N) is 3. The van der Waals surface area contributed by atoms with Gasteiger partial charge >= 0.3 is 5.97 Å². The predicted molar refractivity (Wildman–Crippen MR) is 163 cm³/mol. The number of quaternary nitrogens is 2. The lowest BCUT2D eigenvalue weighted by molar-refractivity contribution is -1.08. The maximum absolute atomic E-state index is 13.0. The van der Waals surface area contributed by atoms with Gasteiger partial charge in [-0.05, 0) is 44.4 Å². The minimum atomic E-state index is -1.13. The molecule has 3 aromatic rings. The number of aliphatic hydroxyl groups is 1. The molecular weight excluding hydrogens is 576 g/mol. The van der Waals surface area contributed by atoms with E-state index in [1.807, 2.05) is 18.2 Å². The normalized spacial score (nSPS) is 32.8. The lowest BCUT2D eigenvalue weighted by atomic mass is 9.71. The molecule has 4 N–H and O–H groups in total. The van der Waals surface area contributed by atoms with Crippen molar-refractivity contribution in [2.75, 3.05) is 45.8 Å². The number of carboxylic acids is 1. The number of rotatable bonds is 8. The molecule has 1 aromatic heterocycles. The highest BCUT2D eigenvalue weighted by Crippen LogP contribution is 2.53. The number of furan rings is 1. The van der Waals surface area contributed by atoms with Gasteiger partial charge in [-0.2, -0.15) is 0 Å². The van der Waals surface area contributed by atoms with Crippen LogP contribution in [0.25, 0.3) is 21.9 Å². The molecule has 11 heteroatoms. The molecule has 1 saturated carbocycles. The number of nitrogens with two attached hydrogens (primary N) is 1. The van der Waals surface area contributed by atoms with E-state index in [1.165, 1.54) is 4.90 Å². The van der Waals surface area contributed by atoms with Crippen LogP contribution in [0.5, 0.6) is 5.75 Å². The number of benzene rings is 2. The summed E-state index contributed by atoms with van der Waals surface area (Å²) in [5, 5.41) is 22.4. The molecule has 1 aliphatic carbocycles. The van der Waals surface area contributed by atoms with Gasteiger partial charge in [-0.25, -0.2) is 4.79 Å². The van der Waals surface area contributed by atoms with Crippen LogP contribution in [-0.2, 0) is 20.9 Å². The van der Waals surface area contributed by atoms with E-state index in [4.69, 9.17) is 14.9 Å². The Labute approximate surface area is 260 Å². The van der Waals surface area contributed by atoms with Crippen molar-refractivity contribution in [3.8, 4) is 5.75 Å². The highest BCUT2D eigenvalue weighted by Gasteiger charge is 2.62. The Bertz CT molecular complexity index is 1770. The first-order chi connectivity index (χ1) is 21.6. The first-order valence-electron chi connectivity index (χ1n) is 16.2. The molecule has 2 bridgehead atoms. The van der Waals surface area contributed by atoms with Gasteiger partial charge in [0, 0.05) is 22.4 Å². The van der Waals surface area contributed by atoms with Crippen LogP contribution in [0.3, 0.4) is 0 Å². The summed E-state index contributed by atoms with van der Waals surface area (Å²) < 4.78 is 15.0. The Morgan fingerprint density at radius 3 is 2.47 bits per heavy atom. The van der Waals surface area contributed by atoms with Crippen molar-refractivity contribution in [1.29, 1.82) is 0 Å². The van der Waals surface area contributed by atoms with E-state index in [2.05, 4.69) is 18.2 Å². The van der Waals surface area contributed by atoms with Crippen LogP contribution in [-0.4, -0.2) is 106 Å².